The van der Waals surface area contributed by atoms with Crippen LogP contribution in [0.5, 0.6) is 0 Å². The first kappa shape index (κ1) is 11.9. The van der Waals surface area contributed by atoms with E-state index in [2.05, 4.69) is 10.6 Å². The first-order valence-electron chi connectivity index (χ1n) is 4.24. The highest BCUT2D eigenvalue weighted by Crippen LogP contribution is 1.77. The van der Waals surface area contributed by atoms with Crippen LogP contribution in [-0.2, 0) is 9.59 Å². The van der Waals surface area contributed by atoms with Gasteiger partial charge in [-0.25, -0.2) is 0 Å². The van der Waals surface area contributed by atoms with E-state index in [9.17, 15) is 9.59 Å². The number of carbonyl (C=O) groups is 2. The van der Waals surface area contributed by atoms with Crippen LogP contribution in [0.1, 0.15) is 20.3 Å². The fourth-order valence-corrected chi connectivity index (χ4v) is 0.770. The normalized spacial score (nSPS) is 10.1. The van der Waals surface area contributed by atoms with E-state index < -0.39 is 5.97 Å². The van der Waals surface area contributed by atoms with Gasteiger partial charge >= 0.3 is 5.97 Å². The molecule has 3 N–H and O–H groups in total. The third-order valence-electron chi connectivity index (χ3n) is 1.25. The van der Waals surface area contributed by atoms with Crippen LogP contribution in [0.4, 0.5) is 0 Å². The molecule has 76 valence electrons. The lowest BCUT2D eigenvalue weighted by Crippen LogP contribution is -2.38. The Morgan fingerprint density at radius 3 is 2.46 bits per heavy atom. The van der Waals surface area contributed by atoms with Gasteiger partial charge in [0.25, 0.3) is 0 Å². The number of carboxylic acids is 1. The molecule has 0 aliphatic carbocycles. The van der Waals surface area contributed by atoms with Crippen molar-refractivity contribution in [3.8, 4) is 0 Å². The topological polar surface area (TPSA) is 78.4 Å². The van der Waals surface area contributed by atoms with Gasteiger partial charge in [-0.05, 0) is 13.8 Å². The van der Waals surface area contributed by atoms with Crippen molar-refractivity contribution >= 4 is 11.9 Å². The number of hydrogen-bond acceptors (Lipinski definition) is 3. The summed E-state index contributed by atoms with van der Waals surface area (Å²) < 4.78 is 0. The maximum atomic E-state index is 11.0. The van der Waals surface area contributed by atoms with Gasteiger partial charge in [-0.2, -0.15) is 0 Å². The Balaban J connectivity index is 3.32. The molecule has 1 amide bonds. The molecular formula is C8H16N2O3. The molecule has 0 fully saturated rings. The molecule has 0 unspecified atom stereocenters. The molecule has 0 bridgehead atoms. The number of carbonyl (C=O) groups excluding carboxylic acids is 1. The Morgan fingerprint density at radius 2 is 2.00 bits per heavy atom. The van der Waals surface area contributed by atoms with Crippen LogP contribution in [0.3, 0.4) is 0 Å². The van der Waals surface area contributed by atoms with Gasteiger partial charge in [-0.15, -0.1) is 0 Å². The Hall–Kier alpha value is -1.10. The smallest absolute Gasteiger partial charge is 0.304 e. The average Bonchev–Trinajstić information content (AvgIpc) is 1.96. The quantitative estimate of drug-likeness (QED) is 0.494. The molecule has 0 spiro atoms. The molecule has 0 aliphatic rings. The highest BCUT2D eigenvalue weighted by Gasteiger charge is 2.02. The van der Waals surface area contributed by atoms with E-state index in [4.69, 9.17) is 5.11 Å². The summed E-state index contributed by atoms with van der Waals surface area (Å²) in [4.78, 5) is 21.1. The molecule has 0 radical (unpaired) electrons. The molecule has 0 rings (SSSR count). The molecule has 13 heavy (non-hydrogen) atoms. The van der Waals surface area contributed by atoms with Crippen molar-refractivity contribution in [2.24, 2.45) is 0 Å². The second kappa shape index (κ2) is 6.42. The average molecular weight is 188 g/mol. The van der Waals surface area contributed by atoms with Crippen LogP contribution >= 0.6 is 0 Å². The molecular weight excluding hydrogens is 172 g/mol. The Labute approximate surface area is 77.5 Å². The molecule has 5 nitrogen and oxygen atoms in total. The minimum atomic E-state index is -0.864. The van der Waals surface area contributed by atoms with Gasteiger partial charge < -0.3 is 15.7 Å². The summed E-state index contributed by atoms with van der Waals surface area (Å²) in [5.41, 5.74) is 0. The lowest BCUT2D eigenvalue weighted by atomic mass is 10.4. The van der Waals surface area contributed by atoms with E-state index in [0.717, 1.165) is 0 Å². The molecule has 0 heterocycles. The summed E-state index contributed by atoms with van der Waals surface area (Å²) in [5, 5.41) is 13.7. The van der Waals surface area contributed by atoms with Crippen LogP contribution in [0.15, 0.2) is 0 Å². The highest BCUT2D eigenvalue weighted by atomic mass is 16.4. The van der Waals surface area contributed by atoms with Crippen molar-refractivity contribution in [3.05, 3.63) is 0 Å². The summed E-state index contributed by atoms with van der Waals surface area (Å²) in [6.07, 6.45) is 0.0367. The van der Waals surface area contributed by atoms with Crippen molar-refractivity contribution in [2.75, 3.05) is 13.1 Å². The van der Waals surface area contributed by atoms with Gasteiger partial charge in [0.15, 0.2) is 0 Å². The summed E-state index contributed by atoms with van der Waals surface area (Å²) in [6.45, 7) is 4.23. The highest BCUT2D eigenvalue weighted by molar-refractivity contribution is 5.78. The molecule has 0 aromatic rings. The number of aliphatic carboxylic acids is 1. The molecule has 0 aliphatic heterocycles. The number of nitrogens with one attached hydrogen (secondary N) is 2. The van der Waals surface area contributed by atoms with Gasteiger partial charge in [0.05, 0.1) is 13.0 Å². The van der Waals surface area contributed by atoms with Crippen LogP contribution in [-0.4, -0.2) is 36.1 Å². The fraction of sp³-hybridized carbons (Fsp3) is 0.750. The predicted octanol–water partition coefficient (Wildman–Crippen LogP) is -0.425. The zero-order chi connectivity index (χ0) is 10.3. The van der Waals surface area contributed by atoms with Crippen molar-refractivity contribution in [3.63, 3.8) is 0 Å². The Bertz CT molecular complexity index is 180. The molecule has 0 aromatic carbocycles. The van der Waals surface area contributed by atoms with Crippen LogP contribution < -0.4 is 10.6 Å². The van der Waals surface area contributed by atoms with Crippen LogP contribution in [0.2, 0.25) is 0 Å². The summed E-state index contributed by atoms with van der Waals surface area (Å²) >= 11 is 0. The van der Waals surface area contributed by atoms with Crippen molar-refractivity contribution < 1.29 is 14.7 Å². The largest absolute Gasteiger partial charge is 0.481 e. The first-order valence-corrected chi connectivity index (χ1v) is 4.24. The fourth-order valence-electron chi connectivity index (χ4n) is 0.770. The molecule has 0 saturated heterocycles. The third kappa shape index (κ3) is 8.81. The lowest BCUT2D eigenvalue weighted by molar-refractivity contribution is -0.137. The SMILES string of the molecule is CC(C)NC(=O)CNCCC(=O)O. The Morgan fingerprint density at radius 1 is 1.38 bits per heavy atom. The van der Waals surface area contributed by atoms with E-state index in [1.54, 1.807) is 0 Å². The van der Waals surface area contributed by atoms with E-state index in [1.807, 2.05) is 13.8 Å². The molecule has 0 atom stereocenters. The second-order valence-electron chi connectivity index (χ2n) is 3.04. The predicted molar refractivity (Wildman–Crippen MR) is 48.4 cm³/mol. The maximum Gasteiger partial charge on any atom is 0.304 e. The van der Waals surface area contributed by atoms with Gasteiger partial charge in [0.2, 0.25) is 5.91 Å². The zero-order valence-corrected chi connectivity index (χ0v) is 7.96. The van der Waals surface area contributed by atoms with Crippen LogP contribution in [0.25, 0.3) is 0 Å². The van der Waals surface area contributed by atoms with Crippen molar-refractivity contribution in [2.45, 2.75) is 26.3 Å². The summed E-state index contributed by atoms with van der Waals surface area (Å²) in [7, 11) is 0. The van der Waals surface area contributed by atoms with E-state index in [1.165, 1.54) is 0 Å². The van der Waals surface area contributed by atoms with Gasteiger partial charge in [0.1, 0.15) is 0 Å². The van der Waals surface area contributed by atoms with Crippen molar-refractivity contribution in [1.82, 2.24) is 10.6 Å². The minimum Gasteiger partial charge on any atom is -0.481 e. The molecule has 0 aromatic heterocycles. The monoisotopic (exact) mass is 188 g/mol. The standard InChI is InChI=1S/C8H16N2O3/c1-6(2)10-7(11)5-9-4-3-8(12)13/h6,9H,3-5H2,1-2H3,(H,10,11)(H,12,13). The van der Waals surface area contributed by atoms with E-state index >= 15 is 0 Å². The first-order chi connectivity index (χ1) is 6.02. The minimum absolute atomic E-state index is 0.0367. The third-order valence-corrected chi connectivity index (χ3v) is 1.25. The lowest BCUT2D eigenvalue weighted by Gasteiger charge is -2.08. The molecule has 0 saturated carbocycles. The number of rotatable bonds is 6. The second-order valence-corrected chi connectivity index (χ2v) is 3.04. The zero-order valence-electron chi connectivity index (χ0n) is 7.96. The summed E-state index contributed by atoms with van der Waals surface area (Å²) in [5.74, 6) is -0.975. The number of carboxylic acid groups (broad SMARTS) is 1. The van der Waals surface area contributed by atoms with Gasteiger partial charge in [0, 0.05) is 12.6 Å². The van der Waals surface area contributed by atoms with E-state index in [-0.39, 0.29) is 24.9 Å². The van der Waals surface area contributed by atoms with Crippen molar-refractivity contribution in [1.29, 1.82) is 0 Å². The maximum absolute atomic E-state index is 11.0. The van der Waals surface area contributed by atoms with Gasteiger partial charge in [-0.3, -0.25) is 9.59 Å². The number of hydrogen-bond donors (Lipinski definition) is 3. The van der Waals surface area contributed by atoms with Gasteiger partial charge in [-0.1, -0.05) is 0 Å². The van der Waals surface area contributed by atoms with E-state index in [0.29, 0.717) is 6.54 Å². The molecule has 5 heteroatoms. The summed E-state index contributed by atoms with van der Waals surface area (Å²) in [6, 6.07) is 0.119. The number of amides is 1. The van der Waals surface area contributed by atoms with Crippen LogP contribution in [0, 0.1) is 0 Å². The Kier molecular flexibility index (Phi) is 5.88.